The van der Waals surface area contributed by atoms with Crippen LogP contribution >= 0.6 is 0 Å². The molecule has 4 heteroatoms. The summed E-state index contributed by atoms with van der Waals surface area (Å²) in [6.07, 6.45) is 4.53. The van der Waals surface area contributed by atoms with Gasteiger partial charge in [-0.15, -0.1) is 0 Å². The van der Waals surface area contributed by atoms with Gasteiger partial charge in [-0.05, 0) is 11.8 Å². The third-order valence-corrected chi connectivity index (χ3v) is 4.70. The molecule has 5 aliphatic rings. The second-order valence-corrected chi connectivity index (χ2v) is 5.19. The van der Waals surface area contributed by atoms with E-state index in [1.165, 1.54) is 0 Å². The van der Waals surface area contributed by atoms with Crippen LogP contribution in [0.25, 0.3) is 0 Å². The SMILES string of the molecule is O=C1CC2C3C=CC(C12)C1C(=O)OC(=O)C31. The van der Waals surface area contributed by atoms with E-state index in [9.17, 15) is 14.4 Å². The summed E-state index contributed by atoms with van der Waals surface area (Å²) >= 11 is 0. The average molecular weight is 218 g/mol. The van der Waals surface area contributed by atoms with Crippen molar-refractivity contribution in [3.8, 4) is 0 Å². The van der Waals surface area contributed by atoms with Crippen LogP contribution in [0.15, 0.2) is 12.2 Å². The number of ether oxygens (including phenoxy) is 1. The van der Waals surface area contributed by atoms with Gasteiger partial charge in [-0.1, -0.05) is 12.2 Å². The number of hydrogen-bond donors (Lipinski definition) is 0. The van der Waals surface area contributed by atoms with Gasteiger partial charge >= 0.3 is 11.9 Å². The van der Waals surface area contributed by atoms with Crippen molar-refractivity contribution in [2.24, 2.45) is 35.5 Å². The molecule has 0 N–H and O–H groups in total. The predicted octanol–water partition coefficient (Wildman–Crippen LogP) is 0.323. The quantitative estimate of drug-likeness (QED) is 0.334. The Morgan fingerprint density at radius 3 is 2.25 bits per heavy atom. The summed E-state index contributed by atoms with van der Waals surface area (Å²) < 4.78 is 4.72. The van der Waals surface area contributed by atoms with Crippen molar-refractivity contribution in [2.45, 2.75) is 6.42 Å². The molecule has 4 aliphatic carbocycles. The molecule has 82 valence electrons. The van der Waals surface area contributed by atoms with Crippen molar-refractivity contribution >= 4 is 17.7 Å². The predicted molar refractivity (Wildman–Crippen MR) is 50.8 cm³/mol. The molecule has 6 atom stereocenters. The van der Waals surface area contributed by atoms with Gasteiger partial charge in [-0.3, -0.25) is 14.4 Å². The molecule has 6 unspecified atom stereocenters. The van der Waals surface area contributed by atoms with Crippen LogP contribution in [0.4, 0.5) is 0 Å². The molecule has 0 spiro atoms. The molecule has 0 radical (unpaired) electrons. The summed E-state index contributed by atoms with van der Waals surface area (Å²) in [6, 6.07) is 0. The van der Waals surface area contributed by atoms with Gasteiger partial charge in [0.05, 0.1) is 11.8 Å². The van der Waals surface area contributed by atoms with Gasteiger partial charge in [0.25, 0.3) is 0 Å². The molecular weight excluding hydrogens is 208 g/mol. The van der Waals surface area contributed by atoms with Crippen LogP contribution in [0.1, 0.15) is 6.42 Å². The standard InChI is InChI=1S/C12H10O4/c13-7-3-6-4-1-2-5(8(6)7)10-9(4)11(14)16-12(10)15/h1-2,4-6,8-10H,3H2. The number of carbonyl (C=O) groups is 3. The summed E-state index contributed by atoms with van der Waals surface area (Å²) in [5.41, 5.74) is 0. The fourth-order valence-corrected chi connectivity index (χ4v) is 4.02. The number of ketones is 1. The normalized spacial score (nSPS) is 52.1. The molecule has 2 saturated carbocycles. The van der Waals surface area contributed by atoms with Crippen LogP contribution in [0.2, 0.25) is 0 Å². The molecule has 1 aliphatic heterocycles. The minimum atomic E-state index is -0.424. The van der Waals surface area contributed by atoms with E-state index in [0.29, 0.717) is 6.42 Å². The van der Waals surface area contributed by atoms with Crippen molar-refractivity contribution in [1.82, 2.24) is 0 Å². The number of esters is 2. The average Bonchev–Trinajstić information content (AvgIpc) is 2.54. The maximum Gasteiger partial charge on any atom is 0.318 e. The lowest BCUT2D eigenvalue weighted by atomic mass is 9.46. The van der Waals surface area contributed by atoms with Crippen molar-refractivity contribution < 1.29 is 19.1 Å². The van der Waals surface area contributed by atoms with Crippen molar-refractivity contribution in [2.75, 3.05) is 0 Å². The van der Waals surface area contributed by atoms with Crippen LogP contribution in [-0.2, 0) is 19.1 Å². The Labute approximate surface area is 91.6 Å². The minimum absolute atomic E-state index is 0.0188. The lowest BCUT2D eigenvalue weighted by Crippen LogP contribution is -2.58. The number of hydrogen-bond acceptors (Lipinski definition) is 4. The first-order chi connectivity index (χ1) is 7.68. The zero-order chi connectivity index (χ0) is 11.0. The van der Waals surface area contributed by atoms with Crippen molar-refractivity contribution in [3.05, 3.63) is 12.2 Å². The van der Waals surface area contributed by atoms with E-state index in [1.54, 1.807) is 0 Å². The lowest BCUT2D eigenvalue weighted by Gasteiger charge is -2.53. The Kier molecular flexibility index (Phi) is 1.32. The van der Waals surface area contributed by atoms with Crippen LogP contribution in [0.3, 0.4) is 0 Å². The van der Waals surface area contributed by atoms with E-state index in [1.807, 2.05) is 12.2 Å². The fraction of sp³-hybridized carbons (Fsp3) is 0.583. The third-order valence-electron chi connectivity index (χ3n) is 4.70. The summed E-state index contributed by atoms with van der Waals surface area (Å²) in [4.78, 5) is 34.8. The molecular formula is C12H10O4. The van der Waals surface area contributed by atoms with E-state index >= 15 is 0 Å². The molecule has 1 heterocycles. The number of Topliss-reactive ketones (excluding diaryl/α,β-unsaturated/α-hetero) is 1. The Balaban J connectivity index is 1.84. The zero-order valence-corrected chi connectivity index (χ0v) is 8.46. The van der Waals surface area contributed by atoms with Crippen LogP contribution in [0, 0.1) is 35.5 Å². The van der Waals surface area contributed by atoms with Crippen LogP contribution in [0.5, 0.6) is 0 Å². The first kappa shape index (κ1) is 8.67. The molecule has 0 aromatic rings. The maximum absolute atomic E-state index is 11.6. The summed E-state index contributed by atoms with van der Waals surface area (Å²) in [6.45, 7) is 0. The van der Waals surface area contributed by atoms with E-state index in [2.05, 4.69) is 0 Å². The number of rotatable bonds is 0. The third kappa shape index (κ3) is 0.740. The smallest absolute Gasteiger partial charge is 0.318 e. The highest BCUT2D eigenvalue weighted by atomic mass is 16.6. The molecule has 5 rings (SSSR count). The van der Waals surface area contributed by atoms with Crippen LogP contribution < -0.4 is 0 Å². The molecule has 1 saturated heterocycles. The largest absolute Gasteiger partial charge is 0.393 e. The van der Waals surface area contributed by atoms with Gasteiger partial charge < -0.3 is 4.74 Å². The number of cyclic esters (lactones) is 2. The molecule has 0 amide bonds. The summed E-state index contributed by atoms with van der Waals surface area (Å²) in [7, 11) is 0. The summed E-state index contributed by atoms with van der Waals surface area (Å²) in [5.74, 6) is -1.02. The second-order valence-electron chi connectivity index (χ2n) is 5.19. The van der Waals surface area contributed by atoms with Crippen molar-refractivity contribution in [1.29, 1.82) is 0 Å². The van der Waals surface area contributed by atoms with E-state index in [0.717, 1.165) is 0 Å². The molecule has 2 bridgehead atoms. The van der Waals surface area contributed by atoms with Crippen molar-refractivity contribution in [3.63, 3.8) is 0 Å². The number of allylic oxidation sites excluding steroid dienone is 2. The Morgan fingerprint density at radius 2 is 1.56 bits per heavy atom. The van der Waals surface area contributed by atoms with Gasteiger partial charge in [-0.2, -0.15) is 0 Å². The van der Waals surface area contributed by atoms with Gasteiger partial charge in [0, 0.05) is 18.3 Å². The van der Waals surface area contributed by atoms with E-state index in [4.69, 9.17) is 4.74 Å². The van der Waals surface area contributed by atoms with Crippen LogP contribution in [-0.4, -0.2) is 17.7 Å². The van der Waals surface area contributed by atoms with Gasteiger partial charge in [-0.25, -0.2) is 0 Å². The first-order valence-corrected chi connectivity index (χ1v) is 5.65. The lowest BCUT2D eigenvalue weighted by molar-refractivity contribution is -0.154. The monoisotopic (exact) mass is 218 g/mol. The fourth-order valence-electron chi connectivity index (χ4n) is 4.02. The van der Waals surface area contributed by atoms with E-state index in [-0.39, 0.29) is 47.3 Å². The highest BCUT2D eigenvalue weighted by molar-refractivity contribution is 6.00. The summed E-state index contributed by atoms with van der Waals surface area (Å²) in [5, 5.41) is 0. The Hall–Kier alpha value is -1.45. The Morgan fingerprint density at radius 1 is 0.938 bits per heavy atom. The highest BCUT2D eigenvalue weighted by Gasteiger charge is 2.65. The molecule has 0 aromatic heterocycles. The van der Waals surface area contributed by atoms with Gasteiger partial charge in [0.15, 0.2) is 0 Å². The van der Waals surface area contributed by atoms with Gasteiger partial charge in [0.1, 0.15) is 5.78 Å². The molecule has 16 heavy (non-hydrogen) atoms. The van der Waals surface area contributed by atoms with E-state index < -0.39 is 5.97 Å². The molecule has 0 aromatic carbocycles. The highest BCUT2D eigenvalue weighted by Crippen LogP contribution is 2.59. The number of carbonyl (C=O) groups excluding carboxylic acids is 3. The second kappa shape index (κ2) is 2.44. The zero-order valence-electron chi connectivity index (χ0n) is 8.46. The first-order valence-electron chi connectivity index (χ1n) is 5.65. The topological polar surface area (TPSA) is 60.4 Å². The van der Waals surface area contributed by atoms with Gasteiger partial charge in [0.2, 0.25) is 0 Å². The molecule has 3 fully saturated rings. The maximum atomic E-state index is 11.6. The molecule has 4 nitrogen and oxygen atoms in total. The Bertz CT molecular complexity index is 464. The minimum Gasteiger partial charge on any atom is -0.393 e.